The third kappa shape index (κ3) is 27.3. The molecule has 4 heteroatoms. The number of unbranched alkanes of at least 4 members (excludes halogenated alkanes) is 30. The molecule has 0 unspecified atom stereocenters. The SMILES string of the molecule is CCCCCCCCCCCCCCCCCCN(CCCCCCCCCCCCCCCCCC)c1ccc(C(F)(F)F)cc1. The minimum absolute atomic E-state index is 0.550. The summed E-state index contributed by atoms with van der Waals surface area (Å²) in [5.74, 6) is 0. The Balaban J connectivity index is 2.15. The standard InChI is InChI=1S/C43H78F3N/c1-3-5-7-9-11-13-15-17-19-21-23-25-27-29-31-33-39-47(42-37-35-41(36-38-42)43(44,45)46)40-34-32-30-28-26-24-22-20-18-16-14-12-10-8-6-4-2/h35-38H,3-34,39-40H2,1-2H3. The Hall–Kier alpha value is -1.19. The van der Waals surface area contributed by atoms with Gasteiger partial charge in [-0.1, -0.05) is 206 Å². The van der Waals surface area contributed by atoms with Crippen LogP contribution in [0.2, 0.25) is 0 Å². The Morgan fingerprint density at radius 2 is 0.596 bits per heavy atom. The van der Waals surface area contributed by atoms with Crippen LogP contribution < -0.4 is 4.90 Å². The second-order valence-electron chi connectivity index (χ2n) is 14.6. The molecule has 0 spiro atoms. The van der Waals surface area contributed by atoms with Gasteiger partial charge in [-0.2, -0.15) is 13.2 Å². The maximum Gasteiger partial charge on any atom is 0.416 e. The van der Waals surface area contributed by atoms with E-state index in [0.717, 1.165) is 31.6 Å². The summed E-state index contributed by atoms with van der Waals surface area (Å²) in [7, 11) is 0. The summed E-state index contributed by atoms with van der Waals surface area (Å²) in [6.07, 6.45) is 39.1. The molecule has 0 aliphatic carbocycles. The van der Waals surface area contributed by atoms with Crippen molar-refractivity contribution >= 4 is 5.69 Å². The molecule has 1 rings (SSSR count). The van der Waals surface area contributed by atoms with E-state index in [9.17, 15) is 13.2 Å². The molecular formula is C43H78F3N. The predicted molar refractivity (Wildman–Crippen MR) is 203 cm³/mol. The highest BCUT2D eigenvalue weighted by atomic mass is 19.4. The Morgan fingerprint density at radius 3 is 0.830 bits per heavy atom. The Labute approximate surface area is 291 Å². The molecule has 0 aliphatic rings. The maximum atomic E-state index is 13.1. The summed E-state index contributed by atoms with van der Waals surface area (Å²) >= 11 is 0. The number of hydrogen-bond donors (Lipinski definition) is 0. The van der Waals surface area contributed by atoms with Crippen LogP contribution in [-0.2, 0) is 6.18 Å². The monoisotopic (exact) mass is 666 g/mol. The minimum Gasteiger partial charge on any atom is -0.372 e. The van der Waals surface area contributed by atoms with E-state index in [1.807, 2.05) is 0 Å². The summed E-state index contributed by atoms with van der Waals surface area (Å²) < 4.78 is 39.4. The Morgan fingerprint density at radius 1 is 0.362 bits per heavy atom. The van der Waals surface area contributed by atoms with Gasteiger partial charge in [0.05, 0.1) is 5.56 Å². The largest absolute Gasteiger partial charge is 0.416 e. The van der Waals surface area contributed by atoms with Gasteiger partial charge in [-0.05, 0) is 37.1 Å². The van der Waals surface area contributed by atoms with E-state index >= 15 is 0 Å². The van der Waals surface area contributed by atoms with Crippen LogP contribution in [0, 0.1) is 0 Å². The first-order valence-electron chi connectivity index (χ1n) is 20.9. The van der Waals surface area contributed by atoms with Gasteiger partial charge in [-0.3, -0.25) is 0 Å². The van der Waals surface area contributed by atoms with Gasteiger partial charge in [-0.25, -0.2) is 0 Å². The first-order valence-corrected chi connectivity index (χ1v) is 20.9. The maximum absolute atomic E-state index is 13.1. The second kappa shape index (κ2) is 32.0. The molecule has 1 aromatic carbocycles. The average molecular weight is 666 g/mol. The van der Waals surface area contributed by atoms with E-state index in [2.05, 4.69) is 18.7 Å². The molecule has 0 fully saturated rings. The molecule has 0 N–H and O–H groups in total. The zero-order valence-corrected chi connectivity index (χ0v) is 31.4. The fourth-order valence-corrected chi connectivity index (χ4v) is 6.93. The van der Waals surface area contributed by atoms with Crippen LogP contribution >= 0.6 is 0 Å². The molecule has 0 atom stereocenters. The summed E-state index contributed by atoms with van der Waals surface area (Å²) in [6.45, 7) is 6.46. The van der Waals surface area contributed by atoms with Gasteiger partial charge in [0.1, 0.15) is 0 Å². The van der Waals surface area contributed by atoms with E-state index in [-0.39, 0.29) is 0 Å². The molecule has 47 heavy (non-hydrogen) atoms. The summed E-state index contributed by atoms with van der Waals surface area (Å²) in [5.41, 5.74) is 0.394. The fraction of sp³-hybridized carbons (Fsp3) is 0.860. The highest BCUT2D eigenvalue weighted by Crippen LogP contribution is 2.31. The molecule has 0 aromatic heterocycles. The van der Waals surface area contributed by atoms with Crippen LogP contribution in [0.1, 0.15) is 225 Å². The molecule has 0 amide bonds. The number of benzene rings is 1. The van der Waals surface area contributed by atoms with Gasteiger partial charge in [0.15, 0.2) is 0 Å². The lowest BCUT2D eigenvalue weighted by atomic mass is 10.0. The van der Waals surface area contributed by atoms with Crippen molar-refractivity contribution in [2.45, 2.75) is 225 Å². The number of nitrogens with zero attached hydrogens (tertiary/aromatic N) is 1. The van der Waals surface area contributed by atoms with E-state index in [1.165, 1.54) is 205 Å². The van der Waals surface area contributed by atoms with E-state index in [4.69, 9.17) is 0 Å². The third-order valence-corrected chi connectivity index (χ3v) is 10.1. The van der Waals surface area contributed by atoms with E-state index in [1.54, 1.807) is 12.1 Å². The molecule has 0 radical (unpaired) electrons. The lowest BCUT2D eigenvalue weighted by Crippen LogP contribution is -2.25. The van der Waals surface area contributed by atoms with Crippen molar-refractivity contribution in [3.63, 3.8) is 0 Å². The van der Waals surface area contributed by atoms with E-state index in [0.29, 0.717) is 0 Å². The third-order valence-electron chi connectivity index (χ3n) is 10.1. The summed E-state index contributed by atoms with van der Waals surface area (Å²) in [5, 5.41) is 0. The number of anilines is 1. The van der Waals surface area contributed by atoms with Crippen LogP contribution in [0.15, 0.2) is 24.3 Å². The van der Waals surface area contributed by atoms with Gasteiger partial charge in [0, 0.05) is 18.8 Å². The van der Waals surface area contributed by atoms with Gasteiger partial charge in [-0.15, -0.1) is 0 Å². The van der Waals surface area contributed by atoms with Gasteiger partial charge >= 0.3 is 6.18 Å². The lowest BCUT2D eigenvalue weighted by molar-refractivity contribution is -0.137. The van der Waals surface area contributed by atoms with Gasteiger partial charge in [0.25, 0.3) is 0 Å². The molecule has 0 heterocycles. The fourth-order valence-electron chi connectivity index (χ4n) is 6.93. The van der Waals surface area contributed by atoms with Crippen LogP contribution in [-0.4, -0.2) is 13.1 Å². The number of hydrogen-bond acceptors (Lipinski definition) is 1. The molecule has 1 aromatic rings. The molecule has 0 bridgehead atoms. The van der Waals surface area contributed by atoms with E-state index < -0.39 is 11.7 Å². The molecular weight excluding hydrogens is 587 g/mol. The van der Waals surface area contributed by atoms with Crippen LogP contribution in [0.4, 0.5) is 18.9 Å². The highest BCUT2D eigenvalue weighted by Gasteiger charge is 2.30. The molecule has 276 valence electrons. The normalized spacial score (nSPS) is 11.9. The van der Waals surface area contributed by atoms with Crippen molar-refractivity contribution in [1.29, 1.82) is 0 Å². The molecule has 0 saturated carbocycles. The zero-order valence-electron chi connectivity index (χ0n) is 31.4. The summed E-state index contributed by atoms with van der Waals surface area (Å²) in [4.78, 5) is 2.34. The minimum atomic E-state index is -4.27. The van der Waals surface area contributed by atoms with Crippen LogP contribution in [0.3, 0.4) is 0 Å². The topological polar surface area (TPSA) is 3.24 Å². The number of halogens is 3. The number of alkyl halides is 3. The van der Waals surface area contributed by atoms with Crippen molar-refractivity contribution < 1.29 is 13.2 Å². The molecule has 1 nitrogen and oxygen atoms in total. The number of rotatable bonds is 35. The average Bonchev–Trinajstić information content (AvgIpc) is 3.06. The molecule has 0 aliphatic heterocycles. The lowest BCUT2D eigenvalue weighted by Gasteiger charge is -2.25. The summed E-state index contributed by atoms with van der Waals surface area (Å²) in [6, 6.07) is 5.87. The Kier molecular flexibility index (Phi) is 29.9. The zero-order chi connectivity index (χ0) is 34.1. The molecule has 0 saturated heterocycles. The van der Waals surface area contributed by atoms with Crippen molar-refractivity contribution in [3.8, 4) is 0 Å². The van der Waals surface area contributed by atoms with Gasteiger partial charge < -0.3 is 4.90 Å². The quantitative estimate of drug-likeness (QED) is 0.0652. The second-order valence-corrected chi connectivity index (χ2v) is 14.6. The Bertz CT molecular complexity index is 723. The van der Waals surface area contributed by atoms with Crippen LogP contribution in [0.5, 0.6) is 0 Å². The van der Waals surface area contributed by atoms with Crippen molar-refractivity contribution in [1.82, 2.24) is 0 Å². The van der Waals surface area contributed by atoms with Crippen molar-refractivity contribution in [3.05, 3.63) is 29.8 Å². The first kappa shape index (κ1) is 43.8. The van der Waals surface area contributed by atoms with Crippen molar-refractivity contribution in [2.24, 2.45) is 0 Å². The highest BCUT2D eigenvalue weighted by molar-refractivity contribution is 5.48. The van der Waals surface area contributed by atoms with Crippen molar-refractivity contribution in [2.75, 3.05) is 18.0 Å². The van der Waals surface area contributed by atoms with Gasteiger partial charge in [0.2, 0.25) is 0 Å². The smallest absolute Gasteiger partial charge is 0.372 e. The van der Waals surface area contributed by atoms with Crippen LogP contribution in [0.25, 0.3) is 0 Å². The predicted octanol–water partition coefficient (Wildman–Crippen LogP) is 16.0. The first-order chi connectivity index (χ1) is 23.0.